The SMILES string of the molecule is CCc1c(Cl)ncnc1N(C)C1CCCCC1C. The van der Waals surface area contributed by atoms with Gasteiger partial charge in [0.2, 0.25) is 0 Å². The van der Waals surface area contributed by atoms with Crippen LogP contribution in [0.3, 0.4) is 0 Å². The van der Waals surface area contributed by atoms with Crippen molar-refractivity contribution < 1.29 is 0 Å². The Morgan fingerprint density at radius 3 is 2.72 bits per heavy atom. The van der Waals surface area contributed by atoms with E-state index in [0.717, 1.165) is 23.7 Å². The van der Waals surface area contributed by atoms with Gasteiger partial charge in [-0.05, 0) is 25.2 Å². The van der Waals surface area contributed by atoms with Crippen LogP contribution in [0, 0.1) is 5.92 Å². The molecule has 1 fully saturated rings. The molecule has 1 saturated carbocycles. The highest BCUT2D eigenvalue weighted by molar-refractivity contribution is 6.30. The summed E-state index contributed by atoms with van der Waals surface area (Å²) in [6.45, 7) is 4.45. The van der Waals surface area contributed by atoms with E-state index in [1.54, 1.807) is 6.33 Å². The highest BCUT2D eigenvalue weighted by atomic mass is 35.5. The molecule has 1 aliphatic rings. The standard InChI is InChI=1S/C14H22ClN3/c1-4-11-13(15)16-9-17-14(11)18(3)12-8-6-5-7-10(12)2/h9-10,12H,4-8H2,1-3H3. The molecule has 4 heteroatoms. The Hall–Kier alpha value is -0.830. The van der Waals surface area contributed by atoms with Crippen LogP contribution in [0.25, 0.3) is 0 Å². The van der Waals surface area contributed by atoms with Crippen molar-refractivity contribution in [2.24, 2.45) is 5.92 Å². The molecule has 0 aromatic carbocycles. The quantitative estimate of drug-likeness (QED) is 0.782. The van der Waals surface area contributed by atoms with Gasteiger partial charge in [0.25, 0.3) is 0 Å². The average molecular weight is 268 g/mol. The molecule has 0 aliphatic heterocycles. The molecule has 3 nitrogen and oxygen atoms in total. The van der Waals surface area contributed by atoms with Crippen LogP contribution in [0.4, 0.5) is 5.82 Å². The zero-order valence-corrected chi connectivity index (χ0v) is 12.2. The lowest BCUT2D eigenvalue weighted by Gasteiger charge is -2.37. The third-order valence-electron chi connectivity index (χ3n) is 4.12. The molecule has 0 bridgehead atoms. The monoisotopic (exact) mass is 267 g/mol. The summed E-state index contributed by atoms with van der Waals surface area (Å²) in [7, 11) is 2.14. The molecule has 1 aromatic rings. The Morgan fingerprint density at radius 2 is 2.06 bits per heavy atom. The second-order valence-corrected chi connectivity index (χ2v) is 5.62. The van der Waals surface area contributed by atoms with Gasteiger partial charge in [0.1, 0.15) is 17.3 Å². The summed E-state index contributed by atoms with van der Waals surface area (Å²) in [4.78, 5) is 10.9. The molecule has 0 spiro atoms. The number of halogens is 1. The van der Waals surface area contributed by atoms with Crippen molar-refractivity contribution in [2.75, 3.05) is 11.9 Å². The maximum Gasteiger partial charge on any atom is 0.137 e. The van der Waals surface area contributed by atoms with Gasteiger partial charge >= 0.3 is 0 Å². The normalized spacial score (nSPS) is 24.0. The van der Waals surface area contributed by atoms with Crippen molar-refractivity contribution in [3.8, 4) is 0 Å². The van der Waals surface area contributed by atoms with Gasteiger partial charge in [-0.15, -0.1) is 0 Å². The van der Waals surface area contributed by atoms with Crippen LogP contribution < -0.4 is 4.90 Å². The maximum absolute atomic E-state index is 6.17. The van der Waals surface area contributed by atoms with Crippen molar-refractivity contribution >= 4 is 17.4 Å². The summed E-state index contributed by atoms with van der Waals surface area (Å²) in [6.07, 6.45) is 7.69. The Morgan fingerprint density at radius 1 is 1.33 bits per heavy atom. The van der Waals surface area contributed by atoms with Gasteiger partial charge in [-0.25, -0.2) is 9.97 Å². The zero-order chi connectivity index (χ0) is 13.1. The van der Waals surface area contributed by atoms with E-state index in [1.807, 2.05) is 0 Å². The van der Waals surface area contributed by atoms with Gasteiger partial charge in [0.05, 0.1) is 0 Å². The van der Waals surface area contributed by atoms with E-state index >= 15 is 0 Å². The van der Waals surface area contributed by atoms with Crippen molar-refractivity contribution in [1.29, 1.82) is 0 Å². The highest BCUT2D eigenvalue weighted by Crippen LogP contribution is 2.32. The molecule has 2 atom stereocenters. The first kappa shape index (κ1) is 13.6. The third kappa shape index (κ3) is 2.61. The number of hydrogen-bond donors (Lipinski definition) is 0. The van der Waals surface area contributed by atoms with Crippen LogP contribution in [0.2, 0.25) is 5.15 Å². The fraction of sp³-hybridized carbons (Fsp3) is 0.714. The zero-order valence-electron chi connectivity index (χ0n) is 11.5. The molecular formula is C14H22ClN3. The van der Waals surface area contributed by atoms with Crippen LogP contribution in [0.1, 0.15) is 45.1 Å². The van der Waals surface area contributed by atoms with Crippen molar-refractivity contribution in [1.82, 2.24) is 9.97 Å². The molecule has 18 heavy (non-hydrogen) atoms. The number of aromatic nitrogens is 2. The predicted octanol–water partition coefficient (Wildman–Crippen LogP) is 3.71. The van der Waals surface area contributed by atoms with Crippen LogP contribution in [-0.2, 0) is 6.42 Å². The molecule has 2 rings (SSSR count). The van der Waals surface area contributed by atoms with Gasteiger partial charge < -0.3 is 4.90 Å². The second kappa shape index (κ2) is 5.87. The Balaban J connectivity index is 2.27. The summed E-state index contributed by atoms with van der Waals surface area (Å²) in [6, 6.07) is 0.579. The highest BCUT2D eigenvalue weighted by Gasteiger charge is 2.27. The van der Waals surface area contributed by atoms with Gasteiger partial charge in [0.15, 0.2) is 0 Å². The van der Waals surface area contributed by atoms with Crippen LogP contribution >= 0.6 is 11.6 Å². The Bertz CT molecular complexity index is 408. The largest absolute Gasteiger partial charge is 0.356 e. The number of hydrogen-bond acceptors (Lipinski definition) is 3. The first-order chi connectivity index (χ1) is 8.65. The van der Waals surface area contributed by atoms with E-state index in [9.17, 15) is 0 Å². The van der Waals surface area contributed by atoms with E-state index in [1.165, 1.54) is 25.7 Å². The number of anilines is 1. The van der Waals surface area contributed by atoms with E-state index in [0.29, 0.717) is 11.2 Å². The Kier molecular flexibility index (Phi) is 4.44. The summed E-state index contributed by atoms with van der Waals surface area (Å²) in [5, 5.41) is 0.595. The molecule has 0 saturated heterocycles. The minimum Gasteiger partial charge on any atom is -0.356 e. The van der Waals surface area contributed by atoms with E-state index < -0.39 is 0 Å². The topological polar surface area (TPSA) is 29.0 Å². The van der Waals surface area contributed by atoms with Gasteiger partial charge in [0, 0.05) is 18.7 Å². The molecule has 1 aromatic heterocycles. The minimum absolute atomic E-state index is 0.579. The average Bonchev–Trinajstić information content (AvgIpc) is 2.38. The van der Waals surface area contributed by atoms with Crippen molar-refractivity contribution in [3.05, 3.63) is 17.0 Å². The lowest BCUT2D eigenvalue weighted by molar-refractivity contribution is 0.320. The van der Waals surface area contributed by atoms with Crippen molar-refractivity contribution in [2.45, 2.75) is 52.0 Å². The number of nitrogens with zero attached hydrogens (tertiary/aromatic N) is 3. The van der Waals surface area contributed by atoms with Gasteiger partial charge in [-0.2, -0.15) is 0 Å². The lowest BCUT2D eigenvalue weighted by atomic mass is 9.85. The van der Waals surface area contributed by atoms with Crippen LogP contribution in [0.5, 0.6) is 0 Å². The minimum atomic E-state index is 0.579. The summed E-state index contributed by atoms with van der Waals surface area (Å²) in [5.41, 5.74) is 1.07. The summed E-state index contributed by atoms with van der Waals surface area (Å²) < 4.78 is 0. The lowest BCUT2D eigenvalue weighted by Crippen LogP contribution is -2.40. The fourth-order valence-corrected chi connectivity index (χ4v) is 3.28. The van der Waals surface area contributed by atoms with Crippen LogP contribution in [-0.4, -0.2) is 23.1 Å². The first-order valence-corrected chi connectivity index (χ1v) is 7.25. The Labute approximate surface area is 115 Å². The van der Waals surface area contributed by atoms with E-state index in [4.69, 9.17) is 11.6 Å². The smallest absolute Gasteiger partial charge is 0.137 e. The molecule has 0 amide bonds. The van der Waals surface area contributed by atoms with Crippen LogP contribution in [0.15, 0.2) is 6.33 Å². The number of rotatable bonds is 3. The van der Waals surface area contributed by atoms with Gasteiger partial charge in [-0.1, -0.05) is 38.3 Å². The molecule has 100 valence electrons. The molecule has 1 heterocycles. The molecule has 1 aliphatic carbocycles. The molecule has 2 unspecified atom stereocenters. The first-order valence-electron chi connectivity index (χ1n) is 6.87. The molecular weight excluding hydrogens is 246 g/mol. The van der Waals surface area contributed by atoms with Crippen molar-refractivity contribution in [3.63, 3.8) is 0 Å². The fourth-order valence-electron chi connectivity index (χ4n) is 3.02. The van der Waals surface area contributed by atoms with E-state index in [2.05, 4.69) is 35.8 Å². The third-order valence-corrected chi connectivity index (χ3v) is 4.45. The summed E-state index contributed by atoms with van der Waals surface area (Å²) in [5.74, 6) is 1.73. The predicted molar refractivity (Wildman–Crippen MR) is 76.2 cm³/mol. The summed E-state index contributed by atoms with van der Waals surface area (Å²) >= 11 is 6.17. The molecule has 0 N–H and O–H groups in total. The second-order valence-electron chi connectivity index (χ2n) is 5.26. The van der Waals surface area contributed by atoms with E-state index in [-0.39, 0.29) is 0 Å². The molecule has 0 radical (unpaired) electrons. The van der Waals surface area contributed by atoms with Gasteiger partial charge in [-0.3, -0.25) is 0 Å². The maximum atomic E-state index is 6.17.